The van der Waals surface area contributed by atoms with Crippen LogP contribution in [0.4, 0.5) is 0 Å². The molecule has 0 saturated carbocycles. The average molecular weight is 541 g/mol. The van der Waals surface area contributed by atoms with Gasteiger partial charge in [-0.15, -0.1) is 0 Å². The predicted molar refractivity (Wildman–Crippen MR) is 161 cm³/mol. The Hall–Kier alpha value is -3.31. The van der Waals surface area contributed by atoms with Crippen LogP contribution in [-0.4, -0.2) is 55.6 Å². The fourth-order valence-corrected chi connectivity index (χ4v) is 6.40. The topological polar surface area (TPSA) is 42.0 Å². The Kier molecular flexibility index (Phi) is 9.77. The molecule has 212 valence electrons. The maximum Gasteiger partial charge on any atom is 0.222 e. The summed E-state index contributed by atoms with van der Waals surface area (Å²) in [4.78, 5) is 17.8. The van der Waals surface area contributed by atoms with Crippen LogP contribution in [-0.2, 0) is 24.2 Å². The van der Waals surface area contributed by atoms with Crippen LogP contribution in [0.3, 0.4) is 0 Å². The molecule has 1 spiro atoms. The highest BCUT2D eigenvalue weighted by Gasteiger charge is 2.37. The standard InChI is InChI=1S/C35H44N2O3/c1-39-32-17-14-30(15-18-32)27-36-25-26-40-33-13-6-5-11-31(33)12-7-8-20-35(28-36)21-23-37(24-22-35)34(38)19-16-29-9-3-2-4-10-29/h2-6,9-11,13-15,17-18H,7-8,12,16,19-28H2,1H3. The number of rotatable bonds is 6. The number of methoxy groups -OCH3 is 1. The fourth-order valence-electron chi connectivity index (χ4n) is 6.40. The largest absolute Gasteiger partial charge is 0.497 e. The zero-order chi connectivity index (χ0) is 27.6. The molecule has 3 aromatic carbocycles. The van der Waals surface area contributed by atoms with Crippen LogP contribution in [0, 0.1) is 5.41 Å². The second-order valence-corrected chi connectivity index (χ2v) is 11.6. The van der Waals surface area contributed by atoms with E-state index in [0.717, 1.165) is 69.9 Å². The van der Waals surface area contributed by atoms with Crippen molar-refractivity contribution >= 4 is 5.91 Å². The molecule has 0 atom stereocenters. The van der Waals surface area contributed by atoms with Crippen molar-refractivity contribution in [2.75, 3.05) is 39.9 Å². The van der Waals surface area contributed by atoms with Crippen molar-refractivity contribution in [3.63, 3.8) is 0 Å². The maximum atomic E-state index is 13.1. The van der Waals surface area contributed by atoms with Gasteiger partial charge in [0.2, 0.25) is 5.91 Å². The Labute approximate surface area is 240 Å². The normalized spacial score (nSPS) is 18.2. The average Bonchev–Trinajstić information content (AvgIpc) is 2.99. The second-order valence-electron chi connectivity index (χ2n) is 11.6. The number of ether oxygens (including phenoxy) is 2. The molecule has 0 radical (unpaired) electrons. The first kappa shape index (κ1) is 28.2. The third-order valence-electron chi connectivity index (χ3n) is 8.81. The van der Waals surface area contributed by atoms with E-state index >= 15 is 0 Å². The second kappa shape index (κ2) is 13.8. The minimum atomic E-state index is 0.224. The van der Waals surface area contributed by atoms with Crippen LogP contribution >= 0.6 is 0 Å². The number of benzene rings is 3. The van der Waals surface area contributed by atoms with Crippen molar-refractivity contribution in [1.29, 1.82) is 0 Å². The highest BCUT2D eigenvalue weighted by molar-refractivity contribution is 5.76. The molecule has 1 fully saturated rings. The molecule has 1 amide bonds. The number of fused-ring (bicyclic) bond motifs is 1. The number of aryl methyl sites for hydroxylation is 2. The number of piperidine rings is 1. The third kappa shape index (κ3) is 7.66. The van der Waals surface area contributed by atoms with Gasteiger partial charge in [0.05, 0.1) is 7.11 Å². The highest BCUT2D eigenvalue weighted by Crippen LogP contribution is 2.39. The van der Waals surface area contributed by atoms with Gasteiger partial charge in [0.1, 0.15) is 18.1 Å². The van der Waals surface area contributed by atoms with E-state index in [1.165, 1.54) is 36.0 Å². The molecule has 2 heterocycles. The lowest BCUT2D eigenvalue weighted by atomic mass is 9.73. The molecule has 0 bridgehead atoms. The van der Waals surface area contributed by atoms with Gasteiger partial charge in [0.25, 0.3) is 0 Å². The van der Waals surface area contributed by atoms with E-state index in [1.807, 2.05) is 18.2 Å². The van der Waals surface area contributed by atoms with Crippen LogP contribution in [0.15, 0.2) is 78.9 Å². The van der Waals surface area contributed by atoms with Crippen molar-refractivity contribution in [3.05, 3.63) is 95.6 Å². The summed E-state index contributed by atoms with van der Waals surface area (Å²) in [5.74, 6) is 2.22. The summed E-state index contributed by atoms with van der Waals surface area (Å²) in [7, 11) is 1.71. The van der Waals surface area contributed by atoms with Gasteiger partial charge < -0.3 is 14.4 Å². The molecule has 3 aromatic rings. The number of hydrogen-bond acceptors (Lipinski definition) is 4. The summed E-state index contributed by atoms with van der Waals surface area (Å²) in [5, 5.41) is 0. The summed E-state index contributed by atoms with van der Waals surface area (Å²) in [6.07, 6.45) is 8.19. The molecule has 0 aliphatic carbocycles. The monoisotopic (exact) mass is 540 g/mol. The molecular weight excluding hydrogens is 496 g/mol. The van der Waals surface area contributed by atoms with Crippen molar-refractivity contribution in [2.45, 2.75) is 57.9 Å². The van der Waals surface area contributed by atoms with Crippen molar-refractivity contribution in [2.24, 2.45) is 5.41 Å². The number of nitrogens with zero attached hydrogens (tertiary/aromatic N) is 2. The third-order valence-corrected chi connectivity index (χ3v) is 8.81. The number of hydrogen-bond donors (Lipinski definition) is 0. The van der Waals surface area contributed by atoms with Crippen LogP contribution < -0.4 is 9.47 Å². The van der Waals surface area contributed by atoms with Crippen molar-refractivity contribution in [3.8, 4) is 11.5 Å². The summed E-state index contributed by atoms with van der Waals surface area (Å²) < 4.78 is 11.7. The minimum Gasteiger partial charge on any atom is -0.497 e. The Bertz CT molecular complexity index is 1200. The van der Waals surface area contributed by atoms with Crippen LogP contribution in [0.1, 0.15) is 55.2 Å². The van der Waals surface area contributed by atoms with E-state index in [1.54, 1.807) is 7.11 Å². The lowest BCUT2D eigenvalue weighted by molar-refractivity contribution is -0.133. The minimum absolute atomic E-state index is 0.224. The SMILES string of the molecule is COc1ccc(CN2CCOc3ccccc3CCCCC3(CCN(C(=O)CCc4ccccc4)CC3)C2)cc1. The van der Waals surface area contributed by atoms with E-state index in [-0.39, 0.29) is 5.41 Å². The molecule has 40 heavy (non-hydrogen) atoms. The summed E-state index contributed by atoms with van der Waals surface area (Å²) in [6, 6.07) is 27.3. The van der Waals surface area contributed by atoms with Gasteiger partial charge in [0, 0.05) is 39.1 Å². The van der Waals surface area contributed by atoms with Crippen LogP contribution in [0.25, 0.3) is 0 Å². The molecule has 2 aliphatic rings. The Morgan fingerprint density at radius 3 is 2.38 bits per heavy atom. The molecule has 0 aromatic heterocycles. The van der Waals surface area contributed by atoms with E-state index < -0.39 is 0 Å². The van der Waals surface area contributed by atoms with E-state index in [4.69, 9.17) is 9.47 Å². The number of carbonyl (C=O) groups is 1. The molecule has 0 unspecified atom stereocenters. The molecule has 1 saturated heterocycles. The smallest absolute Gasteiger partial charge is 0.222 e. The van der Waals surface area contributed by atoms with E-state index in [0.29, 0.717) is 18.9 Å². The summed E-state index contributed by atoms with van der Waals surface area (Å²) in [6.45, 7) is 5.20. The zero-order valence-electron chi connectivity index (χ0n) is 24.0. The molecule has 0 N–H and O–H groups in total. The van der Waals surface area contributed by atoms with Gasteiger partial charge >= 0.3 is 0 Å². The number of carbonyl (C=O) groups excluding carboxylic acids is 1. The van der Waals surface area contributed by atoms with E-state index in [2.05, 4.69) is 70.5 Å². The van der Waals surface area contributed by atoms with Gasteiger partial charge in [-0.1, -0.05) is 67.1 Å². The van der Waals surface area contributed by atoms with Gasteiger partial charge in [-0.05, 0) is 78.8 Å². The zero-order valence-corrected chi connectivity index (χ0v) is 24.0. The van der Waals surface area contributed by atoms with Crippen LogP contribution in [0.5, 0.6) is 11.5 Å². The molecule has 5 heteroatoms. The van der Waals surface area contributed by atoms with Crippen molar-refractivity contribution in [1.82, 2.24) is 9.80 Å². The maximum absolute atomic E-state index is 13.1. The van der Waals surface area contributed by atoms with Gasteiger partial charge in [-0.3, -0.25) is 9.69 Å². The summed E-state index contributed by atoms with van der Waals surface area (Å²) >= 11 is 0. The van der Waals surface area contributed by atoms with Gasteiger partial charge in [0.15, 0.2) is 0 Å². The number of likely N-dealkylation sites (tertiary alicyclic amines) is 1. The van der Waals surface area contributed by atoms with Crippen molar-refractivity contribution < 1.29 is 14.3 Å². The van der Waals surface area contributed by atoms with Gasteiger partial charge in [-0.25, -0.2) is 0 Å². The molecule has 5 nitrogen and oxygen atoms in total. The lowest BCUT2D eigenvalue weighted by Crippen LogP contribution is -2.48. The first-order valence-electron chi connectivity index (χ1n) is 15.0. The van der Waals surface area contributed by atoms with Crippen LogP contribution in [0.2, 0.25) is 0 Å². The molecule has 5 rings (SSSR count). The Balaban J connectivity index is 1.27. The Morgan fingerprint density at radius 1 is 0.850 bits per heavy atom. The van der Waals surface area contributed by atoms with E-state index in [9.17, 15) is 4.79 Å². The number of amides is 1. The summed E-state index contributed by atoms with van der Waals surface area (Å²) in [5.41, 5.74) is 4.07. The molecular formula is C35H44N2O3. The quantitative estimate of drug-likeness (QED) is 0.356. The first-order valence-corrected chi connectivity index (χ1v) is 15.0. The first-order chi connectivity index (χ1) is 19.6. The lowest BCUT2D eigenvalue weighted by Gasteiger charge is -2.45. The fraction of sp³-hybridized carbons (Fsp3) is 0.457. The molecule has 2 aliphatic heterocycles. The predicted octanol–water partition coefficient (Wildman–Crippen LogP) is 6.54. The Morgan fingerprint density at radius 2 is 1.60 bits per heavy atom. The highest BCUT2D eigenvalue weighted by atomic mass is 16.5. The number of para-hydroxylation sites is 1. The van der Waals surface area contributed by atoms with Gasteiger partial charge in [-0.2, -0.15) is 0 Å².